The summed E-state index contributed by atoms with van der Waals surface area (Å²) in [5.74, 6) is 0.829. The van der Waals surface area contributed by atoms with Crippen molar-refractivity contribution in [3.63, 3.8) is 0 Å². The number of methoxy groups -OCH3 is 2. The number of unbranched alkanes of at least 4 members (excludes halogenated alkanes) is 2. The number of aromatic nitrogens is 2. The number of esters is 1. The number of benzene rings is 2. The van der Waals surface area contributed by atoms with Crippen molar-refractivity contribution >= 4 is 17.0 Å². The normalized spacial score (nSPS) is 11.6. The molecular formula is C25H29F3N2O5. The highest BCUT2D eigenvalue weighted by Crippen LogP contribution is 2.30. The highest BCUT2D eigenvalue weighted by atomic mass is 19.4. The van der Waals surface area contributed by atoms with Gasteiger partial charge in [-0.1, -0.05) is 0 Å². The van der Waals surface area contributed by atoms with Crippen LogP contribution >= 0.6 is 0 Å². The molecule has 0 amide bonds. The summed E-state index contributed by atoms with van der Waals surface area (Å²) < 4.78 is 59.2. The number of aryl methyl sites for hydroxylation is 1. The zero-order chi connectivity index (χ0) is 25.3. The summed E-state index contributed by atoms with van der Waals surface area (Å²) >= 11 is 0. The molecule has 1 heterocycles. The van der Waals surface area contributed by atoms with Crippen LogP contribution in [0.4, 0.5) is 13.2 Å². The average Bonchev–Trinajstić information content (AvgIpc) is 3.18. The van der Waals surface area contributed by atoms with E-state index in [1.807, 2.05) is 22.8 Å². The Kier molecular flexibility index (Phi) is 9.36. The quantitative estimate of drug-likeness (QED) is 0.223. The number of carbonyl (C=O) groups is 1. The minimum Gasteiger partial charge on any atom is -0.494 e. The molecule has 0 aliphatic rings. The van der Waals surface area contributed by atoms with E-state index in [1.54, 1.807) is 19.2 Å². The maximum Gasteiger partial charge on any atom is 0.573 e. The highest BCUT2D eigenvalue weighted by molar-refractivity contribution is 5.82. The fourth-order valence-corrected chi connectivity index (χ4v) is 3.65. The van der Waals surface area contributed by atoms with Crippen molar-refractivity contribution in [3.05, 3.63) is 42.5 Å². The van der Waals surface area contributed by atoms with Gasteiger partial charge in [-0.2, -0.15) is 0 Å². The van der Waals surface area contributed by atoms with Crippen LogP contribution in [-0.4, -0.2) is 49.3 Å². The molecule has 10 heteroatoms. The van der Waals surface area contributed by atoms with Crippen LogP contribution in [0.25, 0.3) is 22.4 Å². The first kappa shape index (κ1) is 26.3. The van der Waals surface area contributed by atoms with E-state index in [9.17, 15) is 18.0 Å². The van der Waals surface area contributed by atoms with Gasteiger partial charge in [-0.05, 0) is 62.1 Å². The van der Waals surface area contributed by atoms with Gasteiger partial charge in [-0.25, -0.2) is 4.98 Å². The van der Waals surface area contributed by atoms with E-state index in [4.69, 9.17) is 14.5 Å². The summed E-state index contributed by atoms with van der Waals surface area (Å²) in [4.78, 5) is 15.9. The average molecular weight is 495 g/mol. The van der Waals surface area contributed by atoms with Gasteiger partial charge in [0.1, 0.15) is 17.3 Å². The van der Waals surface area contributed by atoms with Crippen LogP contribution in [0, 0.1) is 0 Å². The predicted molar refractivity (Wildman–Crippen MR) is 124 cm³/mol. The Balaban J connectivity index is 1.75. The van der Waals surface area contributed by atoms with Gasteiger partial charge in [-0.15, -0.1) is 13.2 Å². The number of fused-ring (bicyclic) bond motifs is 1. The van der Waals surface area contributed by atoms with E-state index < -0.39 is 6.36 Å². The number of hydrogen-bond donors (Lipinski definition) is 0. The van der Waals surface area contributed by atoms with Gasteiger partial charge in [0.2, 0.25) is 0 Å². The van der Waals surface area contributed by atoms with E-state index in [2.05, 4.69) is 9.47 Å². The zero-order valence-electron chi connectivity index (χ0n) is 19.8. The summed E-state index contributed by atoms with van der Waals surface area (Å²) in [5.41, 5.74) is 2.27. The number of carbonyl (C=O) groups excluding carboxylic acids is 1. The molecule has 3 aromatic rings. The number of halogens is 3. The van der Waals surface area contributed by atoms with Gasteiger partial charge >= 0.3 is 12.3 Å². The molecule has 1 aromatic heterocycles. The lowest BCUT2D eigenvalue weighted by atomic mass is 10.2. The topological polar surface area (TPSA) is 71.8 Å². The van der Waals surface area contributed by atoms with E-state index in [0.29, 0.717) is 43.3 Å². The molecule has 0 saturated heterocycles. The van der Waals surface area contributed by atoms with Gasteiger partial charge in [0, 0.05) is 38.3 Å². The predicted octanol–water partition coefficient (Wildman–Crippen LogP) is 5.75. The second kappa shape index (κ2) is 12.4. The van der Waals surface area contributed by atoms with Gasteiger partial charge in [0.25, 0.3) is 0 Å². The largest absolute Gasteiger partial charge is 0.573 e. The highest BCUT2D eigenvalue weighted by Gasteiger charge is 2.31. The number of hydrogen-bond acceptors (Lipinski definition) is 6. The van der Waals surface area contributed by atoms with E-state index in [1.165, 1.54) is 19.2 Å². The third-order valence-corrected chi connectivity index (χ3v) is 5.32. The molecule has 0 N–H and O–H groups in total. The van der Waals surface area contributed by atoms with E-state index >= 15 is 0 Å². The first-order chi connectivity index (χ1) is 16.8. The van der Waals surface area contributed by atoms with Crippen LogP contribution in [0.1, 0.15) is 32.1 Å². The zero-order valence-corrected chi connectivity index (χ0v) is 19.8. The Hall–Kier alpha value is -3.27. The fourth-order valence-electron chi connectivity index (χ4n) is 3.65. The molecule has 35 heavy (non-hydrogen) atoms. The van der Waals surface area contributed by atoms with Crippen LogP contribution in [0.3, 0.4) is 0 Å². The number of ether oxygens (including phenoxy) is 4. The molecule has 0 bridgehead atoms. The van der Waals surface area contributed by atoms with Crippen molar-refractivity contribution in [2.45, 2.75) is 45.0 Å². The number of imidazole rings is 1. The van der Waals surface area contributed by atoms with Crippen molar-refractivity contribution in [1.29, 1.82) is 0 Å². The minimum absolute atomic E-state index is 0.212. The van der Waals surface area contributed by atoms with Crippen molar-refractivity contribution in [2.24, 2.45) is 0 Å². The van der Waals surface area contributed by atoms with Crippen molar-refractivity contribution in [3.8, 4) is 22.9 Å². The monoisotopic (exact) mass is 494 g/mol. The second-order valence-electron chi connectivity index (χ2n) is 7.89. The van der Waals surface area contributed by atoms with Crippen molar-refractivity contribution in [1.82, 2.24) is 9.55 Å². The van der Waals surface area contributed by atoms with Crippen LogP contribution in [0.2, 0.25) is 0 Å². The lowest BCUT2D eigenvalue weighted by Crippen LogP contribution is -2.17. The summed E-state index contributed by atoms with van der Waals surface area (Å²) in [6, 6.07) is 11.3. The second-order valence-corrected chi connectivity index (χ2v) is 7.89. The SMILES string of the molecule is COCCCn1c(-c2ccc(OC(F)(F)F)cc2)nc2ccc(OCCCCCC(=O)OC)cc21. The molecule has 3 rings (SSSR count). The van der Waals surface area contributed by atoms with Gasteiger partial charge in [0.05, 0.1) is 24.8 Å². The first-order valence-electron chi connectivity index (χ1n) is 11.4. The summed E-state index contributed by atoms with van der Waals surface area (Å²) in [6.45, 7) is 1.68. The summed E-state index contributed by atoms with van der Waals surface area (Å²) in [6.07, 6.45) is -1.21. The molecule has 0 aliphatic heterocycles. The summed E-state index contributed by atoms with van der Waals surface area (Å²) in [7, 11) is 3.01. The standard InChI is InChI=1S/C25H29F3N2O5/c1-32-15-6-14-30-22-17-20(34-16-5-3-4-7-23(31)33-2)12-13-21(22)29-24(30)18-8-10-19(11-9-18)35-25(26,27)28/h8-13,17H,3-7,14-16H2,1-2H3. The van der Waals surface area contributed by atoms with Gasteiger partial charge in [-0.3, -0.25) is 4.79 Å². The van der Waals surface area contributed by atoms with Crippen LogP contribution in [0.5, 0.6) is 11.5 Å². The Labute approximate surface area is 201 Å². The Morgan fingerprint density at radius 2 is 1.69 bits per heavy atom. The van der Waals surface area contributed by atoms with Crippen LogP contribution in [-0.2, 0) is 20.8 Å². The molecule has 0 unspecified atom stereocenters. The van der Waals surface area contributed by atoms with Crippen molar-refractivity contribution < 1.29 is 36.9 Å². The summed E-state index contributed by atoms with van der Waals surface area (Å²) in [5, 5.41) is 0. The number of rotatable bonds is 13. The smallest absolute Gasteiger partial charge is 0.494 e. The molecule has 190 valence electrons. The van der Waals surface area contributed by atoms with Gasteiger partial charge in [0.15, 0.2) is 0 Å². The first-order valence-corrected chi connectivity index (χ1v) is 11.4. The molecule has 0 fully saturated rings. The van der Waals surface area contributed by atoms with Crippen LogP contribution < -0.4 is 9.47 Å². The maximum absolute atomic E-state index is 12.5. The lowest BCUT2D eigenvalue weighted by molar-refractivity contribution is -0.274. The third kappa shape index (κ3) is 7.88. The molecular weight excluding hydrogens is 465 g/mol. The maximum atomic E-state index is 12.5. The molecule has 2 aromatic carbocycles. The Bertz CT molecular complexity index is 1100. The molecule has 0 spiro atoms. The molecule has 0 radical (unpaired) electrons. The Morgan fingerprint density at radius 3 is 2.37 bits per heavy atom. The molecule has 0 saturated carbocycles. The number of nitrogens with zero attached hydrogens (tertiary/aromatic N) is 2. The van der Waals surface area contributed by atoms with Crippen molar-refractivity contribution in [2.75, 3.05) is 27.4 Å². The molecule has 0 atom stereocenters. The van der Waals surface area contributed by atoms with Gasteiger partial charge < -0.3 is 23.5 Å². The Morgan fingerprint density at radius 1 is 0.943 bits per heavy atom. The number of alkyl halides is 3. The minimum atomic E-state index is -4.74. The van der Waals surface area contributed by atoms with Crippen LogP contribution in [0.15, 0.2) is 42.5 Å². The fraction of sp³-hybridized carbons (Fsp3) is 0.440. The van der Waals surface area contributed by atoms with E-state index in [-0.39, 0.29) is 11.7 Å². The van der Waals surface area contributed by atoms with E-state index in [0.717, 1.165) is 36.7 Å². The third-order valence-electron chi connectivity index (χ3n) is 5.32. The molecule has 0 aliphatic carbocycles. The molecule has 7 nitrogen and oxygen atoms in total. The lowest BCUT2D eigenvalue weighted by Gasteiger charge is -2.12.